The van der Waals surface area contributed by atoms with E-state index in [1.54, 1.807) is 10.9 Å². The van der Waals surface area contributed by atoms with Crippen LogP contribution < -0.4 is 15.8 Å². The van der Waals surface area contributed by atoms with Gasteiger partial charge in [-0.15, -0.1) is 0 Å². The molecule has 2 rings (SSSR count). The molecule has 0 spiro atoms. The van der Waals surface area contributed by atoms with Crippen LogP contribution in [0, 0.1) is 0 Å². The van der Waals surface area contributed by atoms with Crippen molar-refractivity contribution in [1.82, 2.24) is 14.8 Å². The number of anilines is 2. The highest BCUT2D eigenvalue weighted by molar-refractivity contribution is 5.65. The number of nitrogens with two attached hydrogens (primary N) is 1. The highest BCUT2D eigenvalue weighted by Gasteiger charge is 2.13. The number of aromatic nitrogens is 3. The van der Waals surface area contributed by atoms with E-state index in [0.717, 1.165) is 23.5 Å². The molecule has 0 fully saturated rings. The second-order valence-electron chi connectivity index (χ2n) is 5.17. The molecule has 2 aromatic rings. The van der Waals surface area contributed by atoms with E-state index in [2.05, 4.69) is 15.4 Å². The maximum Gasteiger partial charge on any atom is 0.218 e. The lowest BCUT2D eigenvalue weighted by molar-refractivity contribution is 0.230. The van der Waals surface area contributed by atoms with Crippen molar-refractivity contribution in [2.24, 2.45) is 7.05 Å². The lowest BCUT2D eigenvalue weighted by Gasteiger charge is -2.14. The summed E-state index contributed by atoms with van der Waals surface area (Å²) in [5.74, 6) is 1.47. The van der Waals surface area contributed by atoms with Gasteiger partial charge in [-0.1, -0.05) is 13.0 Å². The van der Waals surface area contributed by atoms with Crippen LogP contribution >= 0.6 is 0 Å². The largest absolute Gasteiger partial charge is 0.475 e. The Hall–Kier alpha value is -2.24. The van der Waals surface area contributed by atoms with Crippen LogP contribution in [0.1, 0.15) is 32.0 Å². The van der Waals surface area contributed by atoms with Gasteiger partial charge in [0.15, 0.2) is 0 Å². The average molecular weight is 289 g/mol. The van der Waals surface area contributed by atoms with Gasteiger partial charge in [-0.25, -0.2) is 4.98 Å². The van der Waals surface area contributed by atoms with E-state index < -0.39 is 0 Å². The fraction of sp³-hybridized carbons (Fsp3) is 0.467. The van der Waals surface area contributed by atoms with E-state index in [9.17, 15) is 0 Å². The van der Waals surface area contributed by atoms with Crippen molar-refractivity contribution in [3.8, 4) is 5.88 Å². The molecule has 0 atom stereocenters. The smallest absolute Gasteiger partial charge is 0.218 e. The quantitative estimate of drug-likeness (QED) is 0.853. The van der Waals surface area contributed by atoms with Gasteiger partial charge in [0, 0.05) is 25.4 Å². The highest BCUT2D eigenvalue weighted by atomic mass is 16.5. The summed E-state index contributed by atoms with van der Waals surface area (Å²) in [5, 5.41) is 7.72. The molecule has 0 aromatic carbocycles. The van der Waals surface area contributed by atoms with Crippen LogP contribution in [-0.2, 0) is 20.0 Å². The summed E-state index contributed by atoms with van der Waals surface area (Å²) in [6, 6.07) is 3.89. The van der Waals surface area contributed by atoms with E-state index in [1.165, 1.54) is 0 Å². The lowest BCUT2D eigenvalue weighted by Crippen LogP contribution is -2.12. The Balaban J connectivity index is 2.15. The summed E-state index contributed by atoms with van der Waals surface area (Å²) in [5.41, 5.74) is 8.71. The number of hydrogen-bond acceptors (Lipinski definition) is 5. The number of nitrogens with one attached hydrogen (secondary N) is 1. The zero-order valence-electron chi connectivity index (χ0n) is 13.1. The zero-order valence-corrected chi connectivity index (χ0v) is 13.1. The van der Waals surface area contributed by atoms with Crippen molar-refractivity contribution >= 4 is 11.5 Å². The first-order valence-electron chi connectivity index (χ1n) is 7.18. The van der Waals surface area contributed by atoms with Crippen LogP contribution in [-0.4, -0.2) is 20.9 Å². The molecule has 0 amide bonds. The van der Waals surface area contributed by atoms with Crippen molar-refractivity contribution in [2.75, 3.05) is 11.1 Å². The predicted molar refractivity (Wildman–Crippen MR) is 84.3 cm³/mol. The number of hydrogen-bond donors (Lipinski definition) is 2. The number of aryl methyl sites for hydroxylation is 2. The summed E-state index contributed by atoms with van der Waals surface area (Å²) >= 11 is 0. The lowest BCUT2D eigenvalue weighted by atomic mass is 10.2. The maximum atomic E-state index is 6.10. The van der Waals surface area contributed by atoms with Crippen molar-refractivity contribution in [1.29, 1.82) is 0 Å². The molecule has 6 nitrogen and oxygen atoms in total. The number of rotatable bonds is 6. The number of nitrogen functional groups attached to an aromatic ring is 1. The first kappa shape index (κ1) is 15.2. The molecule has 21 heavy (non-hydrogen) atoms. The van der Waals surface area contributed by atoms with Gasteiger partial charge in [0.1, 0.15) is 5.82 Å². The summed E-state index contributed by atoms with van der Waals surface area (Å²) in [6.07, 6.45) is 2.64. The molecular formula is C15H23N5O. The molecule has 2 heterocycles. The Morgan fingerprint density at radius 1 is 1.43 bits per heavy atom. The van der Waals surface area contributed by atoms with E-state index in [0.29, 0.717) is 18.1 Å². The molecule has 3 N–H and O–H groups in total. The van der Waals surface area contributed by atoms with Gasteiger partial charge in [0.05, 0.1) is 17.5 Å². The van der Waals surface area contributed by atoms with Crippen molar-refractivity contribution in [2.45, 2.75) is 39.8 Å². The molecular weight excluding hydrogens is 266 g/mol. The normalized spacial score (nSPS) is 10.9. The van der Waals surface area contributed by atoms with Crippen LogP contribution in [0.25, 0.3) is 0 Å². The van der Waals surface area contributed by atoms with Crippen LogP contribution in [0.15, 0.2) is 18.3 Å². The standard InChI is InChI=1S/C15H23N5O/c1-5-12-13(16)14(20(4)19-12)18-9-11-7-6-8-17-15(11)21-10(2)3/h6-8,10,18H,5,9,16H2,1-4H3. The number of ether oxygens (including phenoxy) is 1. The Kier molecular flexibility index (Phi) is 4.67. The summed E-state index contributed by atoms with van der Waals surface area (Å²) < 4.78 is 7.49. The number of nitrogens with zero attached hydrogens (tertiary/aromatic N) is 3. The monoisotopic (exact) mass is 289 g/mol. The van der Waals surface area contributed by atoms with Crippen LogP contribution in [0.5, 0.6) is 5.88 Å². The molecule has 0 unspecified atom stereocenters. The van der Waals surface area contributed by atoms with Crippen LogP contribution in [0.3, 0.4) is 0 Å². The fourth-order valence-corrected chi connectivity index (χ4v) is 2.13. The third-order valence-corrected chi connectivity index (χ3v) is 3.14. The molecule has 0 saturated heterocycles. The van der Waals surface area contributed by atoms with Gasteiger partial charge in [-0.2, -0.15) is 5.10 Å². The molecule has 6 heteroatoms. The van der Waals surface area contributed by atoms with E-state index in [1.807, 2.05) is 40.0 Å². The minimum absolute atomic E-state index is 0.0899. The second-order valence-corrected chi connectivity index (χ2v) is 5.17. The molecule has 114 valence electrons. The Morgan fingerprint density at radius 2 is 2.19 bits per heavy atom. The van der Waals surface area contributed by atoms with Crippen molar-refractivity contribution in [3.05, 3.63) is 29.6 Å². The number of pyridine rings is 1. The molecule has 0 aliphatic carbocycles. The van der Waals surface area contributed by atoms with Gasteiger partial charge in [-0.05, 0) is 26.3 Å². The van der Waals surface area contributed by atoms with Gasteiger partial charge >= 0.3 is 0 Å². The van der Waals surface area contributed by atoms with E-state index in [4.69, 9.17) is 10.5 Å². The van der Waals surface area contributed by atoms with Gasteiger partial charge in [-0.3, -0.25) is 4.68 Å². The Labute approximate surface area is 125 Å². The second kappa shape index (κ2) is 6.47. The molecule has 0 aliphatic rings. The zero-order chi connectivity index (χ0) is 15.4. The molecule has 0 bridgehead atoms. The van der Waals surface area contributed by atoms with E-state index >= 15 is 0 Å². The Morgan fingerprint density at radius 3 is 2.81 bits per heavy atom. The van der Waals surface area contributed by atoms with Crippen LogP contribution in [0.4, 0.5) is 11.5 Å². The first-order chi connectivity index (χ1) is 10.0. The minimum atomic E-state index is 0.0899. The predicted octanol–water partition coefficient (Wildman–Crippen LogP) is 2.36. The third kappa shape index (κ3) is 3.45. The summed E-state index contributed by atoms with van der Waals surface area (Å²) in [6.45, 7) is 6.60. The van der Waals surface area contributed by atoms with Gasteiger partial charge in [0.2, 0.25) is 5.88 Å². The maximum absolute atomic E-state index is 6.10. The first-order valence-corrected chi connectivity index (χ1v) is 7.18. The topological polar surface area (TPSA) is 78.0 Å². The SMILES string of the molecule is CCc1nn(C)c(NCc2cccnc2OC(C)C)c1N. The van der Waals surface area contributed by atoms with Gasteiger partial charge < -0.3 is 15.8 Å². The molecule has 0 radical (unpaired) electrons. The molecule has 0 saturated carbocycles. The van der Waals surface area contributed by atoms with Gasteiger partial charge in [0.25, 0.3) is 0 Å². The minimum Gasteiger partial charge on any atom is -0.475 e. The molecule has 2 aromatic heterocycles. The van der Waals surface area contributed by atoms with Crippen LogP contribution in [0.2, 0.25) is 0 Å². The summed E-state index contributed by atoms with van der Waals surface area (Å²) in [4.78, 5) is 4.28. The highest BCUT2D eigenvalue weighted by Crippen LogP contribution is 2.24. The average Bonchev–Trinajstić information content (AvgIpc) is 2.72. The summed E-state index contributed by atoms with van der Waals surface area (Å²) in [7, 11) is 1.88. The fourth-order valence-electron chi connectivity index (χ4n) is 2.13. The third-order valence-electron chi connectivity index (χ3n) is 3.14. The van der Waals surface area contributed by atoms with Crippen molar-refractivity contribution in [3.63, 3.8) is 0 Å². The molecule has 0 aliphatic heterocycles. The van der Waals surface area contributed by atoms with E-state index in [-0.39, 0.29) is 6.10 Å². The Bertz CT molecular complexity index is 606. The van der Waals surface area contributed by atoms with Crippen molar-refractivity contribution < 1.29 is 4.74 Å².